The number of carbonyl (C=O) groups excluding carboxylic acids is 1. The van der Waals surface area contributed by atoms with Crippen LogP contribution in [-0.4, -0.2) is 28.5 Å². The number of nitro benzene ring substituents is 1. The van der Waals surface area contributed by atoms with E-state index in [1.54, 1.807) is 6.92 Å². The number of benzene rings is 1. The third-order valence-electron chi connectivity index (χ3n) is 2.66. The predicted octanol–water partition coefficient (Wildman–Crippen LogP) is 1.35. The van der Waals surface area contributed by atoms with Crippen molar-refractivity contribution >= 4 is 17.6 Å². The topological polar surface area (TPSA) is 110 Å². The second-order valence-corrected chi connectivity index (χ2v) is 4.21. The fraction of sp³-hybridized carbons (Fsp3) is 0.333. The lowest BCUT2D eigenvalue weighted by Crippen LogP contribution is -2.31. The molecule has 1 aromatic carbocycles. The van der Waals surface area contributed by atoms with Gasteiger partial charge in [0.15, 0.2) is 0 Å². The van der Waals surface area contributed by atoms with Crippen LogP contribution in [0.3, 0.4) is 0 Å². The van der Waals surface area contributed by atoms with Crippen LogP contribution in [0.1, 0.15) is 22.8 Å². The normalized spacial score (nSPS) is 11.7. The molecule has 0 aromatic heterocycles. The van der Waals surface area contributed by atoms with E-state index < -0.39 is 22.7 Å². The monoisotopic (exact) mass is 266 g/mol. The van der Waals surface area contributed by atoms with E-state index in [1.807, 2.05) is 0 Å². The number of carboxylic acid groups (broad SMARTS) is 1. The van der Waals surface area contributed by atoms with Gasteiger partial charge in [0, 0.05) is 23.7 Å². The molecule has 7 nitrogen and oxygen atoms in total. The minimum Gasteiger partial charge on any atom is -0.481 e. The first-order valence-electron chi connectivity index (χ1n) is 5.59. The van der Waals surface area contributed by atoms with E-state index in [0.29, 0.717) is 5.56 Å². The highest BCUT2D eigenvalue weighted by molar-refractivity contribution is 5.95. The number of hydrogen-bond acceptors (Lipinski definition) is 4. The van der Waals surface area contributed by atoms with Crippen LogP contribution in [0.5, 0.6) is 0 Å². The molecule has 0 aliphatic rings. The highest BCUT2D eigenvalue weighted by Gasteiger charge is 2.16. The average molecular weight is 266 g/mol. The minimum absolute atomic E-state index is 0.0319. The second kappa shape index (κ2) is 5.94. The van der Waals surface area contributed by atoms with E-state index >= 15 is 0 Å². The third-order valence-corrected chi connectivity index (χ3v) is 2.66. The fourth-order valence-electron chi connectivity index (χ4n) is 1.38. The van der Waals surface area contributed by atoms with Crippen molar-refractivity contribution in [3.05, 3.63) is 39.4 Å². The molecule has 102 valence electrons. The van der Waals surface area contributed by atoms with E-state index in [0.717, 1.165) is 0 Å². The summed E-state index contributed by atoms with van der Waals surface area (Å²) in [6, 6.07) is 4.12. The number of rotatable bonds is 5. The largest absolute Gasteiger partial charge is 0.481 e. The summed E-state index contributed by atoms with van der Waals surface area (Å²) in [6.45, 7) is 3.00. The lowest BCUT2D eigenvalue weighted by Gasteiger charge is -2.08. The zero-order valence-electron chi connectivity index (χ0n) is 10.5. The Bertz CT molecular complexity index is 527. The Kier molecular flexibility index (Phi) is 4.57. The molecular formula is C12H14N2O5. The molecule has 19 heavy (non-hydrogen) atoms. The van der Waals surface area contributed by atoms with Gasteiger partial charge in [-0.15, -0.1) is 0 Å². The standard InChI is InChI=1S/C12H14N2O5/c1-7-3-4-9(5-10(7)14(18)19)11(15)13-6-8(2)12(16)17/h3-5,8H,6H2,1-2H3,(H,13,15)(H,16,17). The highest BCUT2D eigenvalue weighted by atomic mass is 16.6. The lowest BCUT2D eigenvalue weighted by molar-refractivity contribution is -0.385. The van der Waals surface area contributed by atoms with Gasteiger partial charge in [-0.1, -0.05) is 13.0 Å². The molecule has 1 amide bonds. The summed E-state index contributed by atoms with van der Waals surface area (Å²) in [4.78, 5) is 32.5. The Hall–Kier alpha value is -2.44. The summed E-state index contributed by atoms with van der Waals surface area (Å²) >= 11 is 0. The van der Waals surface area contributed by atoms with Crippen molar-refractivity contribution in [1.29, 1.82) is 0 Å². The van der Waals surface area contributed by atoms with Gasteiger partial charge in [-0.3, -0.25) is 19.7 Å². The average Bonchev–Trinajstić information content (AvgIpc) is 2.35. The van der Waals surface area contributed by atoms with Crippen molar-refractivity contribution in [3.8, 4) is 0 Å². The summed E-state index contributed by atoms with van der Waals surface area (Å²) in [5, 5.41) is 21.8. The molecule has 1 unspecified atom stereocenters. The summed E-state index contributed by atoms with van der Waals surface area (Å²) in [7, 11) is 0. The molecule has 1 rings (SSSR count). The van der Waals surface area contributed by atoms with Crippen molar-refractivity contribution in [2.45, 2.75) is 13.8 Å². The van der Waals surface area contributed by atoms with Crippen molar-refractivity contribution in [1.82, 2.24) is 5.32 Å². The smallest absolute Gasteiger partial charge is 0.308 e. The lowest BCUT2D eigenvalue weighted by atomic mass is 10.1. The zero-order valence-corrected chi connectivity index (χ0v) is 10.5. The summed E-state index contributed by atoms with van der Waals surface area (Å²) in [6.07, 6.45) is 0. The van der Waals surface area contributed by atoms with Crippen LogP contribution in [0, 0.1) is 23.0 Å². The molecule has 0 aliphatic heterocycles. The molecule has 2 N–H and O–H groups in total. The Morgan fingerprint density at radius 1 is 1.47 bits per heavy atom. The van der Waals surface area contributed by atoms with Gasteiger partial charge in [0.05, 0.1) is 10.8 Å². The van der Waals surface area contributed by atoms with E-state index in [-0.39, 0.29) is 17.8 Å². The van der Waals surface area contributed by atoms with Gasteiger partial charge in [0.2, 0.25) is 0 Å². The third kappa shape index (κ3) is 3.77. The van der Waals surface area contributed by atoms with Crippen LogP contribution in [0.2, 0.25) is 0 Å². The minimum atomic E-state index is -1.02. The number of aliphatic carboxylic acids is 1. The number of nitro groups is 1. The molecule has 1 atom stereocenters. The number of nitrogens with zero attached hydrogens (tertiary/aromatic N) is 1. The maximum absolute atomic E-state index is 11.7. The van der Waals surface area contributed by atoms with Crippen molar-refractivity contribution < 1.29 is 19.6 Å². The van der Waals surface area contributed by atoms with Gasteiger partial charge in [0.1, 0.15) is 0 Å². The van der Waals surface area contributed by atoms with Gasteiger partial charge >= 0.3 is 5.97 Å². The number of carboxylic acids is 1. The molecule has 0 saturated carbocycles. The first-order valence-corrected chi connectivity index (χ1v) is 5.59. The maximum Gasteiger partial charge on any atom is 0.308 e. The zero-order chi connectivity index (χ0) is 14.6. The molecule has 0 saturated heterocycles. The number of nitrogens with one attached hydrogen (secondary N) is 1. The van der Waals surface area contributed by atoms with Gasteiger partial charge in [-0.2, -0.15) is 0 Å². The van der Waals surface area contributed by atoms with Crippen LogP contribution in [-0.2, 0) is 4.79 Å². The molecule has 0 fully saturated rings. The number of amides is 1. The molecule has 0 heterocycles. The van der Waals surface area contributed by atoms with E-state index in [4.69, 9.17) is 5.11 Å². The quantitative estimate of drug-likeness (QED) is 0.617. The second-order valence-electron chi connectivity index (χ2n) is 4.21. The first-order chi connectivity index (χ1) is 8.82. The molecule has 7 heteroatoms. The predicted molar refractivity (Wildman–Crippen MR) is 67.0 cm³/mol. The van der Waals surface area contributed by atoms with Crippen molar-refractivity contribution in [3.63, 3.8) is 0 Å². The summed E-state index contributed by atoms with van der Waals surface area (Å²) in [5.41, 5.74) is 0.453. The molecular weight excluding hydrogens is 252 g/mol. The van der Waals surface area contributed by atoms with Gasteiger partial charge in [-0.25, -0.2) is 0 Å². The van der Waals surface area contributed by atoms with Gasteiger partial charge < -0.3 is 10.4 Å². The fourth-order valence-corrected chi connectivity index (χ4v) is 1.38. The highest BCUT2D eigenvalue weighted by Crippen LogP contribution is 2.19. The van der Waals surface area contributed by atoms with Crippen molar-refractivity contribution in [2.75, 3.05) is 6.54 Å². The van der Waals surface area contributed by atoms with Crippen LogP contribution >= 0.6 is 0 Å². The van der Waals surface area contributed by atoms with Crippen LogP contribution in [0.25, 0.3) is 0 Å². The van der Waals surface area contributed by atoms with E-state index in [2.05, 4.69) is 5.32 Å². The van der Waals surface area contributed by atoms with Crippen LogP contribution in [0.4, 0.5) is 5.69 Å². The maximum atomic E-state index is 11.7. The summed E-state index contributed by atoms with van der Waals surface area (Å²) < 4.78 is 0. The van der Waals surface area contributed by atoms with Gasteiger partial charge in [0.25, 0.3) is 11.6 Å². The molecule has 1 aromatic rings. The molecule has 0 spiro atoms. The number of aryl methyl sites for hydroxylation is 1. The van der Waals surface area contributed by atoms with Crippen LogP contribution in [0.15, 0.2) is 18.2 Å². The Balaban J connectivity index is 2.80. The van der Waals surface area contributed by atoms with E-state index in [9.17, 15) is 19.7 Å². The molecule has 0 aliphatic carbocycles. The summed E-state index contributed by atoms with van der Waals surface area (Å²) in [5.74, 6) is -2.27. The number of hydrogen-bond donors (Lipinski definition) is 2. The first kappa shape index (κ1) is 14.6. The molecule has 0 radical (unpaired) electrons. The van der Waals surface area contributed by atoms with Gasteiger partial charge in [-0.05, 0) is 13.0 Å². The Morgan fingerprint density at radius 3 is 2.63 bits per heavy atom. The van der Waals surface area contributed by atoms with E-state index in [1.165, 1.54) is 25.1 Å². The Labute approximate surface area is 109 Å². The SMILES string of the molecule is Cc1ccc(C(=O)NCC(C)C(=O)O)cc1[N+](=O)[O-]. The van der Waals surface area contributed by atoms with Crippen LogP contribution < -0.4 is 5.32 Å². The number of carbonyl (C=O) groups is 2. The van der Waals surface area contributed by atoms with Crippen molar-refractivity contribution in [2.24, 2.45) is 5.92 Å². The molecule has 0 bridgehead atoms. The Morgan fingerprint density at radius 2 is 2.11 bits per heavy atom.